The van der Waals surface area contributed by atoms with Gasteiger partial charge in [-0.15, -0.1) is 0 Å². The van der Waals surface area contributed by atoms with E-state index in [-0.39, 0.29) is 0 Å². The van der Waals surface area contributed by atoms with E-state index in [1.165, 1.54) is 5.56 Å². The molecule has 0 saturated carbocycles. The van der Waals surface area contributed by atoms with E-state index >= 15 is 0 Å². The Morgan fingerprint density at radius 3 is 2.20 bits per heavy atom. The van der Waals surface area contributed by atoms with Crippen LogP contribution in [0.1, 0.15) is 56.9 Å². The van der Waals surface area contributed by atoms with Gasteiger partial charge in [0.2, 0.25) is 0 Å². The molecule has 2 heteroatoms. The molecule has 2 aromatic carbocycles. The summed E-state index contributed by atoms with van der Waals surface area (Å²) in [6.07, 6.45) is 1.81. The minimum absolute atomic E-state index is 0.500. The van der Waals surface area contributed by atoms with Gasteiger partial charge in [-0.2, -0.15) is 0 Å². The molecule has 0 atom stereocenters. The molecule has 2 rings (SSSR count). The van der Waals surface area contributed by atoms with Crippen molar-refractivity contribution in [3.63, 3.8) is 0 Å². The van der Waals surface area contributed by atoms with Gasteiger partial charge in [-0.3, -0.25) is 0 Å². The van der Waals surface area contributed by atoms with Gasteiger partial charge in [-0.1, -0.05) is 94.4 Å². The van der Waals surface area contributed by atoms with Gasteiger partial charge in [0.15, 0.2) is 0 Å². The van der Waals surface area contributed by atoms with Crippen LogP contribution in [0.4, 0.5) is 5.69 Å². The quantitative estimate of drug-likeness (QED) is 0.492. The number of aliphatic imine (C=N–C) groups is 1. The Bertz CT molecular complexity index is 723. The number of nitrogens with zero attached hydrogens (tertiary/aromatic N) is 1. The number of hydrogen-bond donors (Lipinski definition) is 0. The molecule has 0 aliphatic carbocycles. The molecule has 25 heavy (non-hydrogen) atoms. The number of aryl methyl sites for hydroxylation is 1. The van der Waals surface area contributed by atoms with Crippen molar-refractivity contribution in [1.29, 1.82) is 0 Å². The maximum absolute atomic E-state index is 5.93. The number of hydrogen-bond acceptors (Lipinski definition) is 1. The molecule has 0 spiro atoms. The second kappa shape index (κ2) is 12.3. The van der Waals surface area contributed by atoms with Crippen LogP contribution in [0.25, 0.3) is 11.6 Å². The molecule has 0 aliphatic rings. The third kappa shape index (κ3) is 7.11. The van der Waals surface area contributed by atoms with Gasteiger partial charge >= 0.3 is 0 Å². The van der Waals surface area contributed by atoms with Crippen LogP contribution in [0.2, 0.25) is 0 Å². The van der Waals surface area contributed by atoms with E-state index in [0.29, 0.717) is 5.17 Å². The summed E-state index contributed by atoms with van der Waals surface area (Å²) in [5, 5.41) is 0.500. The summed E-state index contributed by atoms with van der Waals surface area (Å²) in [6, 6.07) is 14.2. The highest BCUT2D eigenvalue weighted by atomic mass is 35.5. The van der Waals surface area contributed by atoms with Gasteiger partial charge in [0, 0.05) is 5.56 Å². The van der Waals surface area contributed by atoms with Gasteiger partial charge in [0.25, 0.3) is 0 Å². The summed E-state index contributed by atoms with van der Waals surface area (Å²) in [5.74, 6) is 0. The first-order chi connectivity index (χ1) is 12.0. The van der Waals surface area contributed by atoms with Gasteiger partial charge in [0.1, 0.15) is 5.17 Å². The van der Waals surface area contributed by atoms with Crippen molar-refractivity contribution in [2.24, 2.45) is 4.99 Å². The minimum atomic E-state index is 0.500. The monoisotopic (exact) mass is 355 g/mol. The summed E-state index contributed by atoms with van der Waals surface area (Å²) >= 11 is 5.93. The van der Waals surface area contributed by atoms with Gasteiger partial charge < -0.3 is 0 Å². The van der Waals surface area contributed by atoms with Crippen molar-refractivity contribution < 1.29 is 0 Å². The van der Waals surface area contributed by atoms with Crippen LogP contribution in [-0.4, -0.2) is 5.17 Å². The Morgan fingerprint density at radius 1 is 1.04 bits per heavy atom. The smallest absolute Gasteiger partial charge is 0.103 e. The summed E-state index contributed by atoms with van der Waals surface area (Å²) in [6.45, 7) is 19.9. The summed E-state index contributed by atoms with van der Waals surface area (Å²) < 4.78 is 0. The highest BCUT2D eigenvalue weighted by Gasteiger charge is 2.09. The normalized spacial score (nSPS) is 9.96. The zero-order valence-electron chi connectivity index (χ0n) is 16.4. The molecular weight excluding hydrogens is 326 g/mol. The first-order valence-corrected chi connectivity index (χ1v) is 9.12. The number of rotatable bonds is 4. The van der Waals surface area contributed by atoms with Gasteiger partial charge in [0.05, 0.1) is 5.69 Å². The number of halogens is 1. The zero-order valence-corrected chi connectivity index (χ0v) is 17.1. The van der Waals surface area contributed by atoms with Crippen molar-refractivity contribution in [3.8, 4) is 0 Å². The molecule has 0 saturated heterocycles. The van der Waals surface area contributed by atoms with Crippen LogP contribution in [0, 0.1) is 6.92 Å². The van der Waals surface area contributed by atoms with E-state index in [1.807, 2.05) is 58.0 Å². The largest absolute Gasteiger partial charge is 0.241 e. The second-order valence-corrected chi connectivity index (χ2v) is 5.48. The van der Waals surface area contributed by atoms with Crippen LogP contribution >= 0.6 is 11.6 Å². The number of benzene rings is 2. The lowest BCUT2D eigenvalue weighted by Gasteiger charge is -2.11. The Hall–Kier alpha value is -2.12. The van der Waals surface area contributed by atoms with Crippen LogP contribution in [0.3, 0.4) is 0 Å². The molecule has 0 fully saturated rings. The second-order valence-electron chi connectivity index (χ2n) is 4.94. The van der Waals surface area contributed by atoms with E-state index in [1.54, 1.807) is 6.92 Å². The lowest BCUT2D eigenvalue weighted by molar-refractivity contribution is 1.42. The van der Waals surface area contributed by atoms with Crippen molar-refractivity contribution in [2.45, 2.75) is 41.5 Å². The molecule has 2 aromatic rings. The lowest BCUT2D eigenvalue weighted by atomic mass is 9.95. The topological polar surface area (TPSA) is 12.4 Å². The maximum atomic E-state index is 5.93. The molecule has 0 heterocycles. The Kier molecular flexibility index (Phi) is 11.2. The predicted molar refractivity (Wildman–Crippen MR) is 117 cm³/mol. The molecule has 134 valence electrons. The average molecular weight is 356 g/mol. The Balaban J connectivity index is 0.00000134. The fraction of sp³-hybridized carbons (Fsp3) is 0.261. The van der Waals surface area contributed by atoms with Crippen LogP contribution in [0.15, 0.2) is 60.6 Å². The predicted octanol–water partition coefficient (Wildman–Crippen LogP) is 8.04. The summed E-state index contributed by atoms with van der Waals surface area (Å²) in [4.78, 5) is 4.39. The van der Waals surface area contributed by atoms with Crippen molar-refractivity contribution in [3.05, 3.63) is 77.9 Å². The lowest BCUT2D eigenvalue weighted by Crippen LogP contribution is -1.90. The van der Waals surface area contributed by atoms with Crippen LogP contribution < -0.4 is 0 Å². The van der Waals surface area contributed by atoms with E-state index in [9.17, 15) is 0 Å². The summed E-state index contributed by atoms with van der Waals surface area (Å²) in [5.41, 5.74) is 6.04. The Labute approximate surface area is 158 Å². The average Bonchev–Trinajstić information content (AvgIpc) is 2.64. The van der Waals surface area contributed by atoms with Crippen molar-refractivity contribution in [2.75, 3.05) is 0 Å². The van der Waals surface area contributed by atoms with Crippen LogP contribution in [0.5, 0.6) is 0 Å². The molecular formula is C23H30ClN. The molecule has 0 N–H and O–H groups in total. The third-order valence-corrected chi connectivity index (χ3v) is 3.31. The molecule has 0 bridgehead atoms. The van der Waals surface area contributed by atoms with E-state index in [0.717, 1.165) is 28.0 Å². The molecule has 0 unspecified atom stereocenters. The first-order valence-electron chi connectivity index (χ1n) is 8.75. The highest BCUT2D eigenvalue weighted by molar-refractivity contribution is 6.65. The minimum Gasteiger partial charge on any atom is -0.241 e. The molecule has 0 aromatic heterocycles. The SMILES string of the molecule is C=Cc1ccc(N=C(C)Cl)c(C(=C)c2cccc(C)c2)c1.CC.CC. The molecule has 1 nitrogen and oxygen atoms in total. The molecule has 0 amide bonds. The fourth-order valence-corrected chi connectivity index (χ4v) is 2.27. The Morgan fingerprint density at radius 2 is 1.68 bits per heavy atom. The molecule has 0 aliphatic heterocycles. The standard InChI is InChI=1S/C19H18ClN.2C2H6/c1-5-16-9-10-19(21-15(4)20)18(12-16)14(3)17-8-6-7-13(2)11-17;2*1-2/h5-12H,1,3H2,2,4H3;2*1-2H3. The van der Waals surface area contributed by atoms with Crippen molar-refractivity contribution in [1.82, 2.24) is 0 Å². The van der Waals surface area contributed by atoms with E-state index in [4.69, 9.17) is 11.6 Å². The van der Waals surface area contributed by atoms with Gasteiger partial charge in [-0.25, -0.2) is 4.99 Å². The fourth-order valence-electron chi connectivity index (χ4n) is 2.17. The van der Waals surface area contributed by atoms with Gasteiger partial charge in [-0.05, 0) is 42.7 Å². The molecule has 0 radical (unpaired) electrons. The zero-order chi connectivity index (χ0) is 19.4. The third-order valence-electron chi connectivity index (χ3n) is 3.22. The first kappa shape index (κ1) is 22.9. The van der Waals surface area contributed by atoms with E-state index < -0.39 is 0 Å². The highest BCUT2D eigenvalue weighted by Crippen LogP contribution is 2.32. The van der Waals surface area contributed by atoms with Crippen LogP contribution in [-0.2, 0) is 0 Å². The maximum Gasteiger partial charge on any atom is 0.103 e. The van der Waals surface area contributed by atoms with E-state index in [2.05, 4.69) is 43.3 Å². The summed E-state index contributed by atoms with van der Waals surface area (Å²) in [7, 11) is 0. The van der Waals surface area contributed by atoms with Crippen molar-refractivity contribution >= 4 is 34.1 Å².